The first kappa shape index (κ1) is 19.3. The third-order valence-electron chi connectivity index (χ3n) is 6.51. The number of benzene rings is 5. The number of thiophene rings is 1. The molecule has 2 aromatic heterocycles. The Labute approximate surface area is 209 Å². The van der Waals surface area contributed by atoms with Gasteiger partial charge in [0.15, 0.2) is 0 Å². The van der Waals surface area contributed by atoms with Crippen LogP contribution in [0, 0.1) is 0 Å². The third kappa shape index (κ3) is 3.03. The molecular formula is C30H18INS. The Morgan fingerprint density at radius 2 is 1.03 bits per heavy atom. The van der Waals surface area contributed by atoms with Gasteiger partial charge in [-0.15, -0.1) is 11.3 Å². The molecule has 3 heteroatoms. The number of halogens is 1. The zero-order valence-electron chi connectivity index (χ0n) is 17.6. The van der Waals surface area contributed by atoms with Crippen molar-refractivity contribution in [2.24, 2.45) is 0 Å². The van der Waals surface area contributed by atoms with Crippen LogP contribution in [0.4, 0.5) is 0 Å². The summed E-state index contributed by atoms with van der Waals surface area (Å²) >= 11 is 4.34. The first-order valence-corrected chi connectivity index (χ1v) is 12.8. The maximum atomic E-state index is 2.45. The molecule has 0 fully saturated rings. The number of hydrogen-bond donors (Lipinski definition) is 0. The number of hydrogen-bond acceptors (Lipinski definition) is 1. The first-order valence-electron chi connectivity index (χ1n) is 11.0. The van der Waals surface area contributed by atoms with E-state index >= 15 is 0 Å². The Hall–Kier alpha value is -3.15. The summed E-state index contributed by atoms with van der Waals surface area (Å²) in [5.74, 6) is 0. The van der Waals surface area contributed by atoms with Crippen LogP contribution in [0.25, 0.3) is 64.2 Å². The fraction of sp³-hybridized carbons (Fsp3) is 0. The van der Waals surface area contributed by atoms with Crippen molar-refractivity contribution >= 4 is 76.2 Å². The monoisotopic (exact) mass is 551 g/mol. The van der Waals surface area contributed by atoms with Gasteiger partial charge < -0.3 is 0 Å². The molecule has 0 saturated carbocycles. The van der Waals surface area contributed by atoms with Crippen LogP contribution in [0.3, 0.4) is 0 Å². The molecule has 2 heterocycles. The molecule has 0 radical (unpaired) electrons. The molecule has 0 atom stereocenters. The molecule has 156 valence electrons. The third-order valence-corrected chi connectivity index (χ3v) is 8.68. The first-order chi connectivity index (χ1) is 16.3. The van der Waals surface area contributed by atoms with Crippen LogP contribution in [0.2, 0.25) is 0 Å². The maximum Gasteiger partial charge on any atom is 0.0646 e. The van der Waals surface area contributed by atoms with E-state index in [2.05, 4.69) is 135 Å². The average Bonchev–Trinajstić information content (AvgIpc) is 3.37. The van der Waals surface area contributed by atoms with Gasteiger partial charge in [0, 0.05) is 30.9 Å². The summed E-state index contributed by atoms with van der Waals surface area (Å²) in [5.41, 5.74) is 7.58. The van der Waals surface area contributed by atoms with Crippen molar-refractivity contribution in [3.05, 3.63) is 109 Å². The lowest BCUT2D eigenvalue weighted by molar-refractivity contribution is 1.50. The predicted molar refractivity (Wildman–Crippen MR) is 153 cm³/mol. The Morgan fingerprint density at radius 1 is 0.455 bits per heavy atom. The minimum Gasteiger partial charge on any atom is -0.282 e. The van der Waals surface area contributed by atoms with Gasteiger partial charge in [-0.1, -0.05) is 72.8 Å². The van der Waals surface area contributed by atoms with Gasteiger partial charge in [-0.3, -0.25) is 2.78 Å². The number of fused-ring (bicyclic) bond motifs is 6. The SMILES string of the molecule is In1c2ccc(-c3ccccc3)cc2c2cc3sc4ccc(-c5ccccc5)cc4c3cc21. The quantitative estimate of drug-likeness (QED) is 0.189. The van der Waals surface area contributed by atoms with Gasteiger partial charge in [0.05, 0.1) is 33.9 Å². The molecule has 33 heavy (non-hydrogen) atoms. The molecule has 0 aliphatic rings. The summed E-state index contributed by atoms with van der Waals surface area (Å²) in [7, 11) is 0. The molecule has 0 saturated heterocycles. The lowest BCUT2D eigenvalue weighted by Crippen LogP contribution is -1.79. The highest BCUT2D eigenvalue weighted by Crippen LogP contribution is 2.42. The second-order valence-corrected chi connectivity index (χ2v) is 10.5. The Kier molecular flexibility index (Phi) is 4.36. The molecule has 0 N–H and O–H groups in total. The van der Waals surface area contributed by atoms with Gasteiger partial charge in [0.1, 0.15) is 0 Å². The van der Waals surface area contributed by atoms with Crippen LogP contribution < -0.4 is 0 Å². The lowest BCUT2D eigenvalue weighted by atomic mass is 10.0. The predicted octanol–water partition coefficient (Wildman–Crippen LogP) is 9.69. The lowest BCUT2D eigenvalue weighted by Gasteiger charge is -2.02. The summed E-state index contributed by atoms with van der Waals surface area (Å²) in [5, 5.41) is 5.30. The summed E-state index contributed by atoms with van der Waals surface area (Å²) in [6, 6.07) is 39.7. The van der Waals surface area contributed by atoms with E-state index in [1.54, 1.807) is 0 Å². The number of rotatable bonds is 2. The molecule has 1 nitrogen and oxygen atoms in total. The van der Waals surface area contributed by atoms with E-state index in [1.807, 2.05) is 11.3 Å². The van der Waals surface area contributed by atoms with Crippen LogP contribution in [-0.4, -0.2) is 2.78 Å². The van der Waals surface area contributed by atoms with Crippen molar-refractivity contribution in [1.29, 1.82) is 0 Å². The molecule has 5 aromatic carbocycles. The van der Waals surface area contributed by atoms with Crippen LogP contribution in [0.5, 0.6) is 0 Å². The summed E-state index contributed by atoms with van der Waals surface area (Å²) in [6.45, 7) is 0. The van der Waals surface area contributed by atoms with Gasteiger partial charge in [0.2, 0.25) is 0 Å². The zero-order chi connectivity index (χ0) is 21.9. The minimum atomic E-state index is 1.25. The van der Waals surface area contributed by atoms with Crippen molar-refractivity contribution in [3.8, 4) is 22.3 Å². The van der Waals surface area contributed by atoms with E-state index in [-0.39, 0.29) is 0 Å². The Bertz CT molecular complexity index is 1810. The number of aromatic nitrogens is 1. The normalized spacial score (nSPS) is 11.8. The van der Waals surface area contributed by atoms with Crippen LogP contribution in [-0.2, 0) is 0 Å². The fourth-order valence-electron chi connectivity index (χ4n) is 4.86. The van der Waals surface area contributed by atoms with E-state index in [4.69, 9.17) is 0 Å². The Morgan fingerprint density at radius 3 is 1.73 bits per heavy atom. The van der Waals surface area contributed by atoms with Gasteiger partial charge in [-0.25, -0.2) is 0 Å². The van der Waals surface area contributed by atoms with Crippen molar-refractivity contribution in [1.82, 2.24) is 2.78 Å². The van der Waals surface area contributed by atoms with Gasteiger partial charge in [-0.05, 0) is 58.7 Å². The van der Waals surface area contributed by atoms with E-state index in [0.29, 0.717) is 0 Å². The van der Waals surface area contributed by atoms with E-state index < -0.39 is 0 Å². The van der Waals surface area contributed by atoms with Crippen LogP contribution in [0.1, 0.15) is 0 Å². The molecular weight excluding hydrogens is 533 g/mol. The van der Waals surface area contributed by atoms with E-state index in [1.165, 1.54) is 64.2 Å². The van der Waals surface area contributed by atoms with Crippen LogP contribution >= 0.6 is 34.2 Å². The highest BCUT2D eigenvalue weighted by atomic mass is 127. The Balaban J connectivity index is 1.49. The largest absolute Gasteiger partial charge is 0.282 e. The second kappa shape index (κ2) is 7.44. The number of nitrogens with zero attached hydrogens (tertiary/aromatic N) is 1. The van der Waals surface area contributed by atoms with E-state index in [0.717, 1.165) is 0 Å². The minimum absolute atomic E-state index is 1.25. The molecule has 0 spiro atoms. The van der Waals surface area contributed by atoms with Crippen molar-refractivity contribution in [2.75, 3.05) is 0 Å². The molecule has 0 aliphatic carbocycles. The molecule has 7 aromatic rings. The molecule has 0 bridgehead atoms. The zero-order valence-corrected chi connectivity index (χ0v) is 20.6. The standard InChI is InChI=1S/C30H18INS/c31-32-27-13-11-21(19-7-3-1-4-8-19)15-23(27)24-18-30-26(17-28(24)32)25-16-22(12-14-29(25)33-30)20-9-5-2-6-10-20/h1-18H. The van der Waals surface area contributed by atoms with Crippen molar-refractivity contribution in [3.63, 3.8) is 0 Å². The molecule has 0 aliphatic heterocycles. The highest BCUT2D eigenvalue weighted by molar-refractivity contribution is 14.1. The van der Waals surface area contributed by atoms with Crippen LogP contribution in [0.15, 0.2) is 109 Å². The molecule has 0 amide bonds. The molecule has 7 rings (SSSR count). The van der Waals surface area contributed by atoms with Crippen molar-refractivity contribution in [2.45, 2.75) is 0 Å². The smallest absolute Gasteiger partial charge is 0.0646 e. The second-order valence-electron chi connectivity index (χ2n) is 8.42. The molecule has 0 unspecified atom stereocenters. The maximum absolute atomic E-state index is 2.45. The van der Waals surface area contributed by atoms with E-state index in [9.17, 15) is 0 Å². The average molecular weight is 551 g/mol. The summed E-state index contributed by atoms with van der Waals surface area (Å²) < 4.78 is 4.99. The highest BCUT2D eigenvalue weighted by Gasteiger charge is 2.15. The summed E-state index contributed by atoms with van der Waals surface area (Å²) in [6.07, 6.45) is 0. The van der Waals surface area contributed by atoms with Gasteiger partial charge >= 0.3 is 0 Å². The van der Waals surface area contributed by atoms with Gasteiger partial charge in [0.25, 0.3) is 0 Å². The topological polar surface area (TPSA) is 4.93 Å². The van der Waals surface area contributed by atoms with Gasteiger partial charge in [-0.2, -0.15) is 0 Å². The fourth-order valence-corrected chi connectivity index (χ4v) is 6.79. The summed E-state index contributed by atoms with van der Waals surface area (Å²) in [4.78, 5) is 0. The van der Waals surface area contributed by atoms with Crippen molar-refractivity contribution < 1.29 is 0 Å².